The topological polar surface area (TPSA) is 20.3 Å². The highest BCUT2D eigenvalue weighted by molar-refractivity contribution is 5.79. The van der Waals surface area contributed by atoms with Crippen LogP contribution in [0, 0.1) is 5.41 Å². The molecule has 0 bridgehead atoms. The van der Waals surface area contributed by atoms with Crippen molar-refractivity contribution >= 4 is 5.91 Å². The maximum atomic E-state index is 12.5. The summed E-state index contributed by atoms with van der Waals surface area (Å²) in [6, 6.07) is 8.81. The average Bonchev–Trinajstić information content (AvgIpc) is 2.63. The van der Waals surface area contributed by atoms with Gasteiger partial charge in [0, 0.05) is 12.6 Å². The summed E-state index contributed by atoms with van der Waals surface area (Å²) >= 11 is 0. The molecule has 1 aromatic rings. The van der Waals surface area contributed by atoms with E-state index in [0.717, 1.165) is 18.5 Å². The monoisotopic (exact) mass is 273 g/mol. The van der Waals surface area contributed by atoms with Crippen LogP contribution >= 0.6 is 0 Å². The molecule has 0 spiro atoms. The molecular weight excluding hydrogens is 246 g/mol. The molecule has 0 radical (unpaired) electrons. The van der Waals surface area contributed by atoms with Gasteiger partial charge in [0.1, 0.15) is 0 Å². The predicted molar refractivity (Wildman–Crippen MR) is 83.8 cm³/mol. The van der Waals surface area contributed by atoms with Gasteiger partial charge in [-0.1, -0.05) is 52.0 Å². The lowest BCUT2D eigenvalue weighted by atomic mass is 9.91. The van der Waals surface area contributed by atoms with Gasteiger partial charge in [0.05, 0.1) is 6.42 Å². The van der Waals surface area contributed by atoms with Crippen LogP contribution in [0.15, 0.2) is 24.3 Å². The second-order valence-electron chi connectivity index (χ2n) is 7.32. The van der Waals surface area contributed by atoms with Gasteiger partial charge in [0.25, 0.3) is 0 Å². The van der Waals surface area contributed by atoms with Gasteiger partial charge in [-0.3, -0.25) is 4.79 Å². The summed E-state index contributed by atoms with van der Waals surface area (Å²) in [4.78, 5) is 14.6. The van der Waals surface area contributed by atoms with E-state index in [1.165, 1.54) is 5.56 Å². The van der Waals surface area contributed by atoms with Crippen molar-refractivity contribution < 1.29 is 4.79 Å². The largest absolute Gasteiger partial charge is 0.339 e. The Hall–Kier alpha value is -1.31. The minimum atomic E-state index is 0.259. The van der Waals surface area contributed by atoms with E-state index in [0.29, 0.717) is 18.4 Å². The SMILES string of the molecule is CC(C)c1cccc(CC(=O)N2CC(C)(C)CC2C)c1. The smallest absolute Gasteiger partial charge is 0.227 e. The van der Waals surface area contributed by atoms with Gasteiger partial charge in [-0.15, -0.1) is 0 Å². The molecule has 1 unspecified atom stereocenters. The Morgan fingerprint density at radius 1 is 1.40 bits per heavy atom. The Bertz CT molecular complexity index is 490. The van der Waals surface area contributed by atoms with Gasteiger partial charge in [-0.25, -0.2) is 0 Å². The molecule has 1 fully saturated rings. The van der Waals surface area contributed by atoms with Crippen molar-refractivity contribution in [1.29, 1.82) is 0 Å². The first-order valence-electron chi connectivity index (χ1n) is 7.67. The molecule has 2 rings (SSSR count). The molecule has 1 aliphatic heterocycles. The standard InChI is InChI=1S/C18H27NO/c1-13(2)16-8-6-7-15(9-16)10-17(20)19-12-18(4,5)11-14(19)3/h6-9,13-14H,10-12H2,1-5H3. The molecule has 1 saturated heterocycles. The molecule has 0 aromatic heterocycles. The Kier molecular flexibility index (Phi) is 4.22. The second kappa shape index (κ2) is 5.59. The Morgan fingerprint density at radius 3 is 2.65 bits per heavy atom. The first kappa shape index (κ1) is 15.1. The summed E-state index contributed by atoms with van der Waals surface area (Å²) in [7, 11) is 0. The van der Waals surface area contributed by atoms with Crippen LogP contribution in [0.1, 0.15) is 58.1 Å². The number of rotatable bonds is 3. The normalized spacial score (nSPS) is 21.5. The summed E-state index contributed by atoms with van der Waals surface area (Å²) in [6.07, 6.45) is 1.63. The number of nitrogens with zero attached hydrogens (tertiary/aromatic N) is 1. The van der Waals surface area contributed by atoms with E-state index in [1.807, 2.05) is 0 Å². The molecule has 20 heavy (non-hydrogen) atoms. The maximum absolute atomic E-state index is 12.5. The fraction of sp³-hybridized carbons (Fsp3) is 0.611. The zero-order valence-corrected chi connectivity index (χ0v) is 13.4. The van der Waals surface area contributed by atoms with Crippen LogP contribution in [-0.2, 0) is 11.2 Å². The molecule has 1 aromatic carbocycles. The van der Waals surface area contributed by atoms with Crippen molar-refractivity contribution in [3.8, 4) is 0 Å². The van der Waals surface area contributed by atoms with Crippen LogP contribution in [0.3, 0.4) is 0 Å². The molecule has 0 N–H and O–H groups in total. The van der Waals surface area contributed by atoms with Gasteiger partial charge in [0.2, 0.25) is 5.91 Å². The van der Waals surface area contributed by atoms with Gasteiger partial charge in [-0.05, 0) is 35.8 Å². The lowest BCUT2D eigenvalue weighted by Crippen LogP contribution is -2.35. The van der Waals surface area contributed by atoms with Gasteiger partial charge in [0.15, 0.2) is 0 Å². The van der Waals surface area contributed by atoms with E-state index in [-0.39, 0.29) is 11.3 Å². The number of hydrogen-bond acceptors (Lipinski definition) is 1. The van der Waals surface area contributed by atoms with Crippen molar-refractivity contribution in [2.24, 2.45) is 5.41 Å². The molecule has 1 atom stereocenters. The summed E-state index contributed by atoms with van der Waals surface area (Å²) in [5.74, 6) is 0.777. The average molecular weight is 273 g/mol. The molecular formula is C18H27NO. The van der Waals surface area contributed by atoms with E-state index in [4.69, 9.17) is 0 Å². The molecule has 0 saturated carbocycles. The molecule has 0 aliphatic carbocycles. The minimum Gasteiger partial charge on any atom is -0.339 e. The molecule has 110 valence electrons. The highest BCUT2D eigenvalue weighted by Gasteiger charge is 2.37. The molecule has 1 amide bonds. The van der Waals surface area contributed by atoms with Crippen LogP contribution in [0.4, 0.5) is 0 Å². The third-order valence-electron chi connectivity index (χ3n) is 4.27. The zero-order valence-electron chi connectivity index (χ0n) is 13.4. The van der Waals surface area contributed by atoms with Crippen molar-refractivity contribution in [1.82, 2.24) is 4.90 Å². The first-order chi connectivity index (χ1) is 9.28. The number of amides is 1. The molecule has 2 nitrogen and oxygen atoms in total. The Morgan fingerprint density at radius 2 is 2.10 bits per heavy atom. The van der Waals surface area contributed by atoms with Crippen molar-refractivity contribution in [3.05, 3.63) is 35.4 Å². The van der Waals surface area contributed by atoms with Crippen molar-refractivity contribution in [3.63, 3.8) is 0 Å². The van der Waals surface area contributed by atoms with E-state index in [9.17, 15) is 4.79 Å². The van der Waals surface area contributed by atoms with Gasteiger partial charge < -0.3 is 4.90 Å². The third-order valence-corrected chi connectivity index (χ3v) is 4.27. The van der Waals surface area contributed by atoms with Gasteiger partial charge in [-0.2, -0.15) is 0 Å². The van der Waals surface area contributed by atoms with E-state index in [2.05, 4.69) is 63.8 Å². The van der Waals surface area contributed by atoms with Crippen LogP contribution in [-0.4, -0.2) is 23.4 Å². The Labute approximate surface area is 123 Å². The lowest BCUT2D eigenvalue weighted by Gasteiger charge is -2.22. The number of benzene rings is 1. The molecule has 1 heterocycles. The molecule has 2 heteroatoms. The predicted octanol–water partition coefficient (Wildman–Crippen LogP) is 4.00. The number of carbonyl (C=O) groups excluding carboxylic acids is 1. The fourth-order valence-electron chi connectivity index (χ4n) is 3.26. The summed E-state index contributed by atoms with van der Waals surface area (Å²) in [6.45, 7) is 11.9. The number of likely N-dealkylation sites (tertiary alicyclic amines) is 1. The van der Waals surface area contributed by atoms with Crippen LogP contribution in [0.2, 0.25) is 0 Å². The van der Waals surface area contributed by atoms with Crippen LogP contribution in [0.25, 0.3) is 0 Å². The maximum Gasteiger partial charge on any atom is 0.227 e. The quantitative estimate of drug-likeness (QED) is 0.815. The first-order valence-corrected chi connectivity index (χ1v) is 7.67. The van der Waals surface area contributed by atoms with Crippen molar-refractivity contribution in [2.75, 3.05) is 6.54 Å². The summed E-state index contributed by atoms with van der Waals surface area (Å²) in [5, 5.41) is 0. The highest BCUT2D eigenvalue weighted by Crippen LogP contribution is 2.34. The highest BCUT2D eigenvalue weighted by atomic mass is 16.2. The molecule has 1 aliphatic rings. The van der Waals surface area contributed by atoms with Crippen molar-refractivity contribution in [2.45, 2.75) is 59.4 Å². The minimum absolute atomic E-state index is 0.259. The van der Waals surface area contributed by atoms with E-state index >= 15 is 0 Å². The third kappa shape index (κ3) is 3.41. The van der Waals surface area contributed by atoms with E-state index < -0.39 is 0 Å². The lowest BCUT2D eigenvalue weighted by molar-refractivity contribution is -0.131. The Balaban J connectivity index is 2.07. The van der Waals surface area contributed by atoms with E-state index in [1.54, 1.807) is 0 Å². The van der Waals surface area contributed by atoms with Gasteiger partial charge >= 0.3 is 0 Å². The number of carbonyl (C=O) groups is 1. The second-order valence-corrected chi connectivity index (χ2v) is 7.32. The zero-order chi connectivity index (χ0) is 14.9. The summed E-state index contributed by atoms with van der Waals surface area (Å²) in [5.41, 5.74) is 2.71. The summed E-state index contributed by atoms with van der Waals surface area (Å²) < 4.78 is 0. The fourth-order valence-corrected chi connectivity index (χ4v) is 3.26. The van der Waals surface area contributed by atoms with Crippen LogP contribution < -0.4 is 0 Å². The van der Waals surface area contributed by atoms with Crippen LogP contribution in [0.5, 0.6) is 0 Å². The number of hydrogen-bond donors (Lipinski definition) is 0.